The highest BCUT2D eigenvalue weighted by atomic mass is 19.4. The molecule has 2 aromatic carbocycles. The van der Waals surface area contributed by atoms with E-state index in [0.717, 1.165) is 0 Å². The summed E-state index contributed by atoms with van der Waals surface area (Å²) in [6.07, 6.45) is -13.5. The Morgan fingerprint density at radius 2 is 0.935 bits per heavy atom. The highest BCUT2D eigenvalue weighted by molar-refractivity contribution is 5.36. The largest absolute Gasteiger partial charge is 0.457 e. The van der Waals surface area contributed by atoms with Crippen molar-refractivity contribution in [3.63, 3.8) is 0 Å². The van der Waals surface area contributed by atoms with Crippen molar-refractivity contribution in [2.45, 2.75) is 50.6 Å². The molecule has 2 saturated heterocycles. The van der Waals surface area contributed by atoms with Crippen LogP contribution in [0, 0.1) is 11.8 Å². The fraction of sp³-hybridized carbons (Fsp3) is 0.455. The predicted molar refractivity (Wildman–Crippen MR) is 98.6 cm³/mol. The zero-order chi connectivity index (χ0) is 22.6. The Morgan fingerprint density at radius 3 is 1.19 bits per heavy atom. The van der Waals surface area contributed by atoms with Crippen molar-refractivity contribution in [2.24, 2.45) is 11.8 Å². The van der Waals surface area contributed by atoms with Crippen LogP contribution in [0.15, 0.2) is 48.5 Å². The molecule has 6 unspecified atom stereocenters. The number of alkyl halides is 6. The fourth-order valence-corrected chi connectivity index (χ4v) is 4.05. The number of halogens is 6. The molecule has 9 heteroatoms. The van der Waals surface area contributed by atoms with Gasteiger partial charge in [0.05, 0.1) is 12.2 Å². The summed E-state index contributed by atoms with van der Waals surface area (Å²) in [5, 5.41) is 0. The van der Waals surface area contributed by atoms with Crippen molar-refractivity contribution in [3.05, 3.63) is 59.7 Å². The van der Waals surface area contributed by atoms with Gasteiger partial charge in [0.25, 0.3) is 0 Å². The van der Waals surface area contributed by atoms with E-state index in [2.05, 4.69) is 0 Å². The van der Waals surface area contributed by atoms with Crippen molar-refractivity contribution in [1.82, 2.24) is 0 Å². The summed E-state index contributed by atoms with van der Waals surface area (Å²) < 4.78 is 92.2. The number of hydrogen-bond donors (Lipinski definition) is 0. The van der Waals surface area contributed by atoms with Gasteiger partial charge < -0.3 is 14.2 Å². The SMILES string of the molecule is CC1C(c2ccc(Oc3ccc(C4OC(C(F)(F)F)C4C)cc3)cc2)OC1C(F)(F)F. The van der Waals surface area contributed by atoms with Gasteiger partial charge in [-0.05, 0) is 35.4 Å². The Hall–Kier alpha value is -2.26. The molecular weight excluding hydrogens is 426 g/mol. The molecule has 0 radical (unpaired) electrons. The van der Waals surface area contributed by atoms with E-state index >= 15 is 0 Å². The second-order valence-corrected chi connectivity index (χ2v) is 8.00. The average molecular weight is 446 g/mol. The molecule has 2 aliphatic rings. The molecule has 2 heterocycles. The quantitative estimate of drug-likeness (QED) is 0.486. The molecule has 0 aliphatic carbocycles. The van der Waals surface area contributed by atoms with Gasteiger partial charge in [-0.1, -0.05) is 38.1 Å². The Labute approximate surface area is 174 Å². The van der Waals surface area contributed by atoms with Crippen molar-refractivity contribution in [1.29, 1.82) is 0 Å². The first-order valence-corrected chi connectivity index (χ1v) is 9.77. The molecule has 2 aliphatic heterocycles. The minimum atomic E-state index is -4.37. The standard InChI is InChI=1S/C22H20F6O3/c1-11-17(30-19(11)21(23,24)25)13-3-7-15(8-4-13)29-16-9-5-14(6-10-16)18-12(2)20(31-18)22(26,27)28/h3-12,17-20H,1-2H3. The van der Waals surface area contributed by atoms with E-state index in [1.165, 1.54) is 13.8 Å². The van der Waals surface area contributed by atoms with Crippen LogP contribution in [0.25, 0.3) is 0 Å². The summed E-state index contributed by atoms with van der Waals surface area (Å²) in [4.78, 5) is 0. The minimum absolute atomic E-state index is 0.473. The monoisotopic (exact) mass is 446 g/mol. The first kappa shape index (κ1) is 22.0. The summed E-state index contributed by atoms with van der Waals surface area (Å²) in [5.74, 6) is -0.401. The van der Waals surface area contributed by atoms with E-state index in [0.29, 0.717) is 22.6 Å². The molecule has 0 bridgehead atoms. The van der Waals surface area contributed by atoms with Crippen LogP contribution in [0.2, 0.25) is 0 Å². The maximum absolute atomic E-state index is 12.7. The van der Waals surface area contributed by atoms with E-state index in [-0.39, 0.29) is 0 Å². The third-order valence-electron chi connectivity index (χ3n) is 5.79. The Balaban J connectivity index is 1.34. The average Bonchev–Trinajstić information content (AvgIpc) is 2.66. The van der Waals surface area contributed by atoms with Crippen LogP contribution in [-0.2, 0) is 9.47 Å². The third kappa shape index (κ3) is 4.25. The predicted octanol–water partition coefficient (Wildman–Crippen LogP) is 6.76. The topological polar surface area (TPSA) is 27.7 Å². The van der Waals surface area contributed by atoms with Gasteiger partial charge in [0.1, 0.15) is 11.5 Å². The van der Waals surface area contributed by atoms with Gasteiger partial charge in [0.2, 0.25) is 0 Å². The number of ether oxygens (including phenoxy) is 3. The maximum Gasteiger partial charge on any atom is 0.415 e. The molecule has 2 fully saturated rings. The molecule has 2 aromatic rings. The molecule has 6 atom stereocenters. The summed E-state index contributed by atoms with van der Waals surface area (Å²) in [7, 11) is 0. The molecule has 4 rings (SSSR count). The van der Waals surface area contributed by atoms with Crippen LogP contribution in [0.1, 0.15) is 37.2 Å². The van der Waals surface area contributed by atoms with E-state index in [1.54, 1.807) is 48.5 Å². The van der Waals surface area contributed by atoms with Crippen molar-refractivity contribution in [2.75, 3.05) is 0 Å². The van der Waals surface area contributed by atoms with Crippen LogP contribution in [0.4, 0.5) is 26.3 Å². The molecular formula is C22H20F6O3. The second-order valence-electron chi connectivity index (χ2n) is 8.00. The zero-order valence-corrected chi connectivity index (χ0v) is 16.6. The van der Waals surface area contributed by atoms with Crippen LogP contribution in [-0.4, -0.2) is 24.6 Å². The molecule has 0 amide bonds. The number of rotatable bonds is 4. The van der Waals surface area contributed by atoms with Crippen LogP contribution in [0.3, 0.4) is 0 Å². The zero-order valence-electron chi connectivity index (χ0n) is 16.6. The van der Waals surface area contributed by atoms with Gasteiger partial charge in [-0.25, -0.2) is 0 Å². The Kier molecular flexibility index (Phi) is 5.46. The lowest BCUT2D eigenvalue weighted by atomic mass is 9.86. The maximum atomic E-state index is 12.7. The lowest BCUT2D eigenvalue weighted by Gasteiger charge is -2.43. The van der Waals surface area contributed by atoms with Gasteiger partial charge in [0, 0.05) is 11.8 Å². The summed E-state index contributed by atoms with van der Waals surface area (Å²) in [6.45, 7) is 3.00. The van der Waals surface area contributed by atoms with Gasteiger partial charge in [-0.2, -0.15) is 26.3 Å². The molecule has 0 saturated carbocycles. The van der Waals surface area contributed by atoms with Gasteiger partial charge in [0.15, 0.2) is 12.2 Å². The Morgan fingerprint density at radius 1 is 0.613 bits per heavy atom. The van der Waals surface area contributed by atoms with Crippen molar-refractivity contribution < 1.29 is 40.6 Å². The van der Waals surface area contributed by atoms with Crippen LogP contribution < -0.4 is 4.74 Å². The normalized spacial score (nSPS) is 31.0. The molecule has 0 N–H and O–H groups in total. The molecule has 0 spiro atoms. The number of benzene rings is 2. The fourth-order valence-electron chi connectivity index (χ4n) is 4.05. The van der Waals surface area contributed by atoms with E-state index in [9.17, 15) is 26.3 Å². The van der Waals surface area contributed by atoms with E-state index in [4.69, 9.17) is 14.2 Å². The second kappa shape index (κ2) is 7.70. The highest BCUT2D eigenvalue weighted by Gasteiger charge is 2.56. The Bertz CT molecular complexity index is 831. The lowest BCUT2D eigenvalue weighted by Crippen LogP contribution is -2.50. The van der Waals surface area contributed by atoms with E-state index < -0.39 is 48.6 Å². The third-order valence-corrected chi connectivity index (χ3v) is 5.79. The van der Waals surface area contributed by atoms with Crippen LogP contribution in [0.5, 0.6) is 11.5 Å². The first-order chi connectivity index (χ1) is 14.4. The molecule has 3 nitrogen and oxygen atoms in total. The smallest absolute Gasteiger partial charge is 0.415 e. The molecule has 168 valence electrons. The lowest BCUT2D eigenvalue weighted by molar-refractivity contribution is -0.317. The highest BCUT2D eigenvalue weighted by Crippen LogP contribution is 2.49. The molecule has 31 heavy (non-hydrogen) atoms. The van der Waals surface area contributed by atoms with E-state index in [1.807, 2.05) is 0 Å². The summed E-state index contributed by atoms with van der Waals surface area (Å²) in [5.41, 5.74) is 1.26. The molecule has 0 aromatic heterocycles. The van der Waals surface area contributed by atoms with Gasteiger partial charge in [-0.15, -0.1) is 0 Å². The summed E-state index contributed by atoms with van der Waals surface area (Å²) >= 11 is 0. The minimum Gasteiger partial charge on any atom is -0.457 e. The first-order valence-electron chi connectivity index (χ1n) is 9.77. The van der Waals surface area contributed by atoms with Gasteiger partial charge in [-0.3, -0.25) is 0 Å². The number of hydrogen-bond acceptors (Lipinski definition) is 3. The van der Waals surface area contributed by atoms with Gasteiger partial charge >= 0.3 is 12.4 Å². The van der Waals surface area contributed by atoms with Crippen LogP contribution >= 0.6 is 0 Å². The van der Waals surface area contributed by atoms with Crippen molar-refractivity contribution in [3.8, 4) is 11.5 Å². The summed E-state index contributed by atoms with van der Waals surface area (Å²) in [6, 6.07) is 13.1. The van der Waals surface area contributed by atoms with Crippen molar-refractivity contribution >= 4 is 0 Å².